The summed E-state index contributed by atoms with van der Waals surface area (Å²) in [5, 5.41) is 8.80. The van der Waals surface area contributed by atoms with E-state index in [1.54, 1.807) is 6.07 Å². The van der Waals surface area contributed by atoms with Gasteiger partial charge in [-0.3, -0.25) is 9.59 Å². The molecule has 5 rings (SSSR count). The van der Waals surface area contributed by atoms with Crippen LogP contribution in [0.5, 0.6) is 5.75 Å². The molecule has 6 nitrogen and oxygen atoms in total. The van der Waals surface area contributed by atoms with Crippen LogP contribution in [0.25, 0.3) is 10.8 Å². The molecule has 4 aromatic rings. The highest BCUT2D eigenvalue weighted by atomic mass is 16.5. The van der Waals surface area contributed by atoms with E-state index in [0.29, 0.717) is 12.1 Å². The third-order valence-electron chi connectivity index (χ3n) is 7.20. The molecule has 0 spiro atoms. The zero-order valence-electron chi connectivity index (χ0n) is 21.6. The second-order valence-electron chi connectivity index (χ2n) is 9.65. The molecule has 6 heteroatoms. The number of hydrogen-bond acceptors (Lipinski definition) is 5. The summed E-state index contributed by atoms with van der Waals surface area (Å²) < 4.78 is 11.0. The minimum Gasteiger partial charge on any atom is -0.489 e. The summed E-state index contributed by atoms with van der Waals surface area (Å²) in [5.41, 5.74) is 3.92. The van der Waals surface area contributed by atoms with E-state index in [2.05, 4.69) is 70.8 Å². The van der Waals surface area contributed by atoms with Gasteiger partial charge in [-0.25, -0.2) is 0 Å². The fourth-order valence-electron chi connectivity index (χ4n) is 5.20. The van der Waals surface area contributed by atoms with Crippen LogP contribution >= 0.6 is 0 Å². The highest BCUT2D eigenvalue weighted by Crippen LogP contribution is 2.40. The minimum atomic E-state index is -0.485. The molecule has 0 saturated heterocycles. The number of methoxy groups -OCH3 is 1. The molecule has 194 valence electrons. The lowest BCUT2D eigenvalue weighted by molar-refractivity contribution is -0.139. The van der Waals surface area contributed by atoms with E-state index in [1.807, 2.05) is 36.4 Å². The zero-order valence-corrected chi connectivity index (χ0v) is 21.6. The number of ether oxygens (including phenoxy) is 2. The molecule has 0 fully saturated rings. The first-order valence-corrected chi connectivity index (χ1v) is 12.9. The second-order valence-corrected chi connectivity index (χ2v) is 9.65. The first kappa shape index (κ1) is 25.5. The molecule has 1 amide bonds. The first-order chi connectivity index (χ1) is 18.5. The van der Waals surface area contributed by atoms with Crippen molar-refractivity contribution in [2.75, 3.05) is 20.2 Å². The molecule has 0 unspecified atom stereocenters. The van der Waals surface area contributed by atoms with Crippen LogP contribution in [-0.4, -0.2) is 38.2 Å². The second kappa shape index (κ2) is 11.5. The van der Waals surface area contributed by atoms with Gasteiger partial charge < -0.3 is 20.1 Å². The van der Waals surface area contributed by atoms with E-state index < -0.39 is 5.97 Å². The summed E-state index contributed by atoms with van der Waals surface area (Å²) in [6.07, 6.45) is 0.739. The average Bonchev–Trinajstić information content (AvgIpc) is 2.97. The van der Waals surface area contributed by atoms with Gasteiger partial charge >= 0.3 is 5.97 Å². The molecule has 0 saturated carbocycles. The van der Waals surface area contributed by atoms with Crippen molar-refractivity contribution in [3.63, 3.8) is 0 Å². The molecule has 3 atom stereocenters. The van der Waals surface area contributed by atoms with Gasteiger partial charge in [-0.05, 0) is 53.4 Å². The largest absolute Gasteiger partial charge is 0.489 e. The first-order valence-electron chi connectivity index (χ1n) is 12.9. The summed E-state index contributed by atoms with van der Waals surface area (Å²) >= 11 is 0. The highest BCUT2D eigenvalue weighted by Gasteiger charge is 2.30. The normalized spacial score (nSPS) is 17.2. The molecular weight excluding hydrogens is 476 g/mol. The molecular formula is C32H32N2O4. The number of para-hydroxylation sites is 1. The van der Waals surface area contributed by atoms with Crippen LogP contribution in [0.3, 0.4) is 0 Å². The molecule has 4 aromatic carbocycles. The van der Waals surface area contributed by atoms with Crippen LogP contribution < -0.4 is 15.4 Å². The third-order valence-corrected chi connectivity index (χ3v) is 7.20. The van der Waals surface area contributed by atoms with E-state index >= 15 is 0 Å². The van der Waals surface area contributed by atoms with Crippen LogP contribution in [0.4, 0.5) is 0 Å². The number of carbonyl (C=O) groups is 2. The van der Waals surface area contributed by atoms with E-state index in [4.69, 9.17) is 4.74 Å². The molecule has 2 N–H and O–H groups in total. The van der Waals surface area contributed by atoms with Crippen molar-refractivity contribution in [3.8, 4) is 5.75 Å². The Hall–Kier alpha value is -4.16. The van der Waals surface area contributed by atoms with Crippen molar-refractivity contribution in [2.45, 2.75) is 31.4 Å². The average molecular weight is 509 g/mol. The van der Waals surface area contributed by atoms with Crippen LogP contribution in [0.15, 0.2) is 91.0 Å². The van der Waals surface area contributed by atoms with Gasteiger partial charge in [0.1, 0.15) is 18.4 Å². The number of nitrogens with one attached hydrogen (secondary N) is 2. The maximum Gasteiger partial charge on any atom is 0.325 e. The molecule has 1 heterocycles. The number of carbonyl (C=O) groups excluding carboxylic acids is 2. The predicted molar refractivity (Wildman–Crippen MR) is 148 cm³/mol. The molecule has 1 aliphatic rings. The van der Waals surface area contributed by atoms with Gasteiger partial charge in [-0.15, -0.1) is 0 Å². The monoisotopic (exact) mass is 508 g/mol. The van der Waals surface area contributed by atoms with Crippen molar-refractivity contribution in [1.82, 2.24) is 10.6 Å². The minimum absolute atomic E-state index is 0.0378. The third kappa shape index (κ3) is 5.55. The van der Waals surface area contributed by atoms with Crippen molar-refractivity contribution in [3.05, 3.63) is 113 Å². The molecule has 0 bridgehead atoms. The van der Waals surface area contributed by atoms with Gasteiger partial charge in [0, 0.05) is 29.6 Å². The maximum absolute atomic E-state index is 12.7. The van der Waals surface area contributed by atoms with Gasteiger partial charge in [0.25, 0.3) is 5.91 Å². The number of benzene rings is 4. The Labute approximate surface area is 223 Å². The standard InChI is InChI=1S/C32H32N2O4/c1-21(26-15-8-10-22-9-3-4-13-27(22)26)33-19-25-18-29(28-14-5-6-16-30(28)38-25)23-11-7-12-24(17-23)32(36)34-20-31(35)37-2/h3-17,21,25,29,33H,18-20H2,1-2H3,(H,34,36)/t21-,25-,29+/m1/s1. The topological polar surface area (TPSA) is 76.7 Å². The van der Waals surface area contributed by atoms with Crippen molar-refractivity contribution < 1.29 is 19.1 Å². The van der Waals surface area contributed by atoms with Crippen LogP contribution in [0, 0.1) is 0 Å². The summed E-state index contributed by atoms with van der Waals surface area (Å²) in [6.45, 7) is 2.71. The molecule has 0 aromatic heterocycles. The number of rotatable bonds is 8. The molecule has 1 aliphatic heterocycles. The van der Waals surface area contributed by atoms with Gasteiger partial charge in [-0.1, -0.05) is 72.8 Å². The number of fused-ring (bicyclic) bond motifs is 2. The van der Waals surface area contributed by atoms with E-state index in [0.717, 1.165) is 23.3 Å². The van der Waals surface area contributed by atoms with E-state index in [-0.39, 0.29) is 30.5 Å². The lowest BCUT2D eigenvalue weighted by Gasteiger charge is -2.33. The Kier molecular flexibility index (Phi) is 7.70. The lowest BCUT2D eigenvalue weighted by atomic mass is 9.83. The van der Waals surface area contributed by atoms with Crippen molar-refractivity contribution in [2.24, 2.45) is 0 Å². The van der Waals surface area contributed by atoms with E-state index in [1.165, 1.54) is 23.4 Å². The van der Waals surface area contributed by atoms with Crippen molar-refractivity contribution in [1.29, 1.82) is 0 Å². The smallest absolute Gasteiger partial charge is 0.325 e. The SMILES string of the molecule is COC(=O)CNC(=O)c1cccc([C@@H]2C[C@H](CN[C@H](C)c3cccc4ccccc34)Oc3ccccc32)c1. The maximum atomic E-state index is 12.7. The van der Waals surface area contributed by atoms with Crippen LogP contribution in [0.2, 0.25) is 0 Å². The lowest BCUT2D eigenvalue weighted by Crippen LogP contribution is -2.37. The predicted octanol–water partition coefficient (Wildman–Crippen LogP) is 5.38. The van der Waals surface area contributed by atoms with Gasteiger partial charge in [0.2, 0.25) is 0 Å². The number of esters is 1. The van der Waals surface area contributed by atoms with Gasteiger partial charge in [0.05, 0.1) is 7.11 Å². The summed E-state index contributed by atoms with van der Waals surface area (Å²) in [7, 11) is 1.30. The highest BCUT2D eigenvalue weighted by molar-refractivity contribution is 5.96. The quantitative estimate of drug-likeness (QED) is 0.313. The zero-order chi connectivity index (χ0) is 26.5. The summed E-state index contributed by atoms with van der Waals surface area (Å²) in [4.78, 5) is 24.1. The Morgan fingerprint density at radius 3 is 2.61 bits per heavy atom. The van der Waals surface area contributed by atoms with Gasteiger partial charge in [0.15, 0.2) is 0 Å². The van der Waals surface area contributed by atoms with Crippen LogP contribution in [-0.2, 0) is 9.53 Å². The fraction of sp³-hybridized carbons (Fsp3) is 0.250. The van der Waals surface area contributed by atoms with Gasteiger partial charge in [-0.2, -0.15) is 0 Å². The molecule has 0 radical (unpaired) electrons. The van der Waals surface area contributed by atoms with E-state index in [9.17, 15) is 9.59 Å². The Morgan fingerprint density at radius 2 is 1.74 bits per heavy atom. The summed E-state index contributed by atoms with van der Waals surface area (Å²) in [6, 6.07) is 30.7. The molecule has 0 aliphatic carbocycles. The van der Waals surface area contributed by atoms with Crippen LogP contribution in [0.1, 0.15) is 52.4 Å². The number of hydrogen-bond donors (Lipinski definition) is 2. The Bertz CT molecular complexity index is 1450. The van der Waals surface area contributed by atoms with Crippen molar-refractivity contribution >= 4 is 22.6 Å². The summed E-state index contributed by atoms with van der Waals surface area (Å²) in [5.74, 6) is 0.155. The molecule has 38 heavy (non-hydrogen) atoms. The number of amides is 1. The Morgan fingerprint density at radius 1 is 0.974 bits per heavy atom. The fourth-order valence-corrected chi connectivity index (χ4v) is 5.20. The Balaban J connectivity index is 1.33.